The molecule has 0 spiro atoms. The van der Waals surface area contributed by atoms with Gasteiger partial charge in [0.25, 0.3) is 0 Å². The molecule has 1 heterocycles. The van der Waals surface area contributed by atoms with Gasteiger partial charge in [0.1, 0.15) is 0 Å². The van der Waals surface area contributed by atoms with Gasteiger partial charge >= 0.3 is 0 Å². The SMILES string of the molecule is CCN1CCC(Cc2ccccc2)c2ccccc21. The third-order valence-corrected chi connectivity index (χ3v) is 4.17. The average molecular weight is 251 g/mol. The van der Waals surface area contributed by atoms with Crippen molar-refractivity contribution in [3.8, 4) is 0 Å². The second-order valence-electron chi connectivity index (χ2n) is 5.31. The van der Waals surface area contributed by atoms with Crippen molar-refractivity contribution >= 4 is 5.69 Å². The summed E-state index contributed by atoms with van der Waals surface area (Å²) in [7, 11) is 0. The van der Waals surface area contributed by atoms with Crippen LogP contribution in [-0.4, -0.2) is 13.1 Å². The first kappa shape index (κ1) is 12.3. The summed E-state index contributed by atoms with van der Waals surface area (Å²) >= 11 is 0. The molecule has 0 aliphatic carbocycles. The maximum Gasteiger partial charge on any atom is 0.0401 e. The minimum atomic E-state index is 0.668. The molecule has 0 aromatic heterocycles. The van der Waals surface area contributed by atoms with Gasteiger partial charge in [-0.3, -0.25) is 0 Å². The van der Waals surface area contributed by atoms with Crippen molar-refractivity contribution in [1.29, 1.82) is 0 Å². The predicted molar refractivity (Wildman–Crippen MR) is 81.8 cm³/mol. The highest BCUT2D eigenvalue weighted by molar-refractivity contribution is 5.57. The number of fused-ring (bicyclic) bond motifs is 1. The Hall–Kier alpha value is -1.76. The van der Waals surface area contributed by atoms with Gasteiger partial charge < -0.3 is 4.90 Å². The lowest BCUT2D eigenvalue weighted by molar-refractivity contribution is 0.577. The van der Waals surface area contributed by atoms with Gasteiger partial charge in [-0.25, -0.2) is 0 Å². The Labute approximate surface area is 115 Å². The van der Waals surface area contributed by atoms with Crippen LogP contribution in [0.4, 0.5) is 5.69 Å². The monoisotopic (exact) mass is 251 g/mol. The fourth-order valence-corrected chi connectivity index (χ4v) is 3.15. The number of hydrogen-bond donors (Lipinski definition) is 0. The van der Waals surface area contributed by atoms with Crippen molar-refractivity contribution in [3.63, 3.8) is 0 Å². The number of hydrogen-bond acceptors (Lipinski definition) is 1. The molecule has 3 rings (SSSR count). The molecule has 1 unspecified atom stereocenters. The lowest BCUT2D eigenvalue weighted by Gasteiger charge is -2.35. The highest BCUT2D eigenvalue weighted by Gasteiger charge is 2.23. The molecular weight excluding hydrogens is 230 g/mol. The molecule has 2 aromatic carbocycles. The fraction of sp³-hybridized carbons (Fsp3) is 0.333. The van der Waals surface area contributed by atoms with Gasteiger partial charge in [0.15, 0.2) is 0 Å². The Balaban J connectivity index is 1.88. The fourth-order valence-electron chi connectivity index (χ4n) is 3.15. The number of para-hydroxylation sites is 1. The second kappa shape index (κ2) is 5.48. The molecular formula is C18H21N. The van der Waals surface area contributed by atoms with Gasteiger partial charge in [0, 0.05) is 18.8 Å². The Morgan fingerprint density at radius 3 is 2.53 bits per heavy atom. The summed E-state index contributed by atoms with van der Waals surface area (Å²) in [5, 5.41) is 0. The molecule has 1 aliphatic heterocycles. The first-order valence-corrected chi connectivity index (χ1v) is 7.26. The molecule has 98 valence electrons. The van der Waals surface area contributed by atoms with E-state index in [1.807, 2.05) is 0 Å². The first-order chi connectivity index (χ1) is 9.38. The van der Waals surface area contributed by atoms with Gasteiger partial charge in [-0.2, -0.15) is 0 Å². The Bertz CT molecular complexity index is 532. The molecule has 1 atom stereocenters. The van der Waals surface area contributed by atoms with Crippen LogP contribution in [0.25, 0.3) is 0 Å². The largest absolute Gasteiger partial charge is 0.372 e. The van der Waals surface area contributed by atoms with Crippen molar-refractivity contribution in [2.24, 2.45) is 0 Å². The summed E-state index contributed by atoms with van der Waals surface area (Å²) in [5.41, 5.74) is 4.42. The van der Waals surface area contributed by atoms with Crippen molar-refractivity contribution < 1.29 is 0 Å². The van der Waals surface area contributed by atoms with E-state index < -0.39 is 0 Å². The Morgan fingerprint density at radius 1 is 1.00 bits per heavy atom. The Morgan fingerprint density at radius 2 is 1.74 bits per heavy atom. The second-order valence-corrected chi connectivity index (χ2v) is 5.31. The van der Waals surface area contributed by atoms with Crippen LogP contribution < -0.4 is 4.90 Å². The standard InChI is InChI=1S/C18H21N/c1-2-19-13-12-16(14-15-8-4-3-5-9-15)17-10-6-7-11-18(17)19/h3-11,16H,2,12-14H2,1H3. The maximum absolute atomic E-state index is 2.50. The molecule has 0 amide bonds. The number of anilines is 1. The summed E-state index contributed by atoms with van der Waals surface area (Å²) in [6.45, 7) is 4.54. The normalized spacial score (nSPS) is 18.2. The van der Waals surface area contributed by atoms with Gasteiger partial charge in [0.05, 0.1) is 0 Å². The third-order valence-electron chi connectivity index (χ3n) is 4.17. The molecule has 0 saturated carbocycles. The van der Waals surface area contributed by atoms with E-state index in [1.54, 1.807) is 0 Å². The van der Waals surface area contributed by atoms with E-state index in [-0.39, 0.29) is 0 Å². The van der Waals surface area contributed by atoms with E-state index in [9.17, 15) is 0 Å². The first-order valence-electron chi connectivity index (χ1n) is 7.26. The van der Waals surface area contributed by atoms with Crippen LogP contribution in [0.3, 0.4) is 0 Å². The van der Waals surface area contributed by atoms with E-state index >= 15 is 0 Å². The average Bonchev–Trinajstić information content (AvgIpc) is 2.49. The predicted octanol–water partition coefficient (Wildman–Crippen LogP) is 4.24. The van der Waals surface area contributed by atoms with E-state index in [0.29, 0.717) is 5.92 Å². The van der Waals surface area contributed by atoms with Crippen LogP contribution in [-0.2, 0) is 6.42 Å². The molecule has 0 saturated heterocycles. The van der Waals surface area contributed by atoms with Crippen LogP contribution in [0.15, 0.2) is 54.6 Å². The summed E-state index contributed by atoms with van der Waals surface area (Å²) < 4.78 is 0. The number of rotatable bonds is 3. The van der Waals surface area contributed by atoms with Gasteiger partial charge in [-0.1, -0.05) is 48.5 Å². The molecule has 1 nitrogen and oxygen atoms in total. The van der Waals surface area contributed by atoms with Crippen molar-refractivity contribution in [2.75, 3.05) is 18.0 Å². The lowest BCUT2D eigenvalue weighted by Crippen LogP contribution is -2.31. The zero-order chi connectivity index (χ0) is 13.1. The minimum absolute atomic E-state index is 0.668. The van der Waals surface area contributed by atoms with E-state index in [2.05, 4.69) is 66.4 Å². The molecule has 2 aromatic rings. The smallest absolute Gasteiger partial charge is 0.0401 e. The van der Waals surface area contributed by atoms with Crippen LogP contribution >= 0.6 is 0 Å². The van der Waals surface area contributed by atoms with Crippen molar-refractivity contribution in [1.82, 2.24) is 0 Å². The zero-order valence-electron chi connectivity index (χ0n) is 11.5. The van der Waals surface area contributed by atoms with Gasteiger partial charge in [0.2, 0.25) is 0 Å². The zero-order valence-corrected chi connectivity index (χ0v) is 11.5. The molecule has 1 aliphatic rings. The molecule has 0 radical (unpaired) electrons. The topological polar surface area (TPSA) is 3.24 Å². The van der Waals surface area contributed by atoms with Gasteiger partial charge in [-0.15, -0.1) is 0 Å². The van der Waals surface area contributed by atoms with Crippen molar-refractivity contribution in [2.45, 2.75) is 25.7 Å². The summed E-state index contributed by atoms with van der Waals surface area (Å²) in [6.07, 6.45) is 2.43. The minimum Gasteiger partial charge on any atom is -0.372 e. The van der Waals surface area contributed by atoms with E-state index in [4.69, 9.17) is 0 Å². The lowest BCUT2D eigenvalue weighted by atomic mass is 9.85. The van der Waals surface area contributed by atoms with Crippen LogP contribution in [0, 0.1) is 0 Å². The molecule has 0 fully saturated rings. The highest BCUT2D eigenvalue weighted by atomic mass is 15.1. The molecule has 0 bridgehead atoms. The highest BCUT2D eigenvalue weighted by Crippen LogP contribution is 2.36. The summed E-state index contributed by atoms with van der Waals surface area (Å²) in [5.74, 6) is 0.668. The molecule has 1 heteroatoms. The van der Waals surface area contributed by atoms with E-state index in [1.165, 1.54) is 29.8 Å². The van der Waals surface area contributed by atoms with Crippen LogP contribution in [0.1, 0.15) is 30.4 Å². The molecule has 19 heavy (non-hydrogen) atoms. The quantitative estimate of drug-likeness (QED) is 0.788. The van der Waals surface area contributed by atoms with Gasteiger partial charge in [-0.05, 0) is 42.9 Å². The van der Waals surface area contributed by atoms with Crippen LogP contribution in [0.5, 0.6) is 0 Å². The summed E-state index contributed by atoms with van der Waals surface area (Å²) in [6, 6.07) is 19.8. The number of benzene rings is 2. The Kier molecular flexibility index (Phi) is 3.54. The van der Waals surface area contributed by atoms with Crippen LogP contribution in [0.2, 0.25) is 0 Å². The maximum atomic E-state index is 2.50. The van der Waals surface area contributed by atoms with Crippen molar-refractivity contribution in [3.05, 3.63) is 65.7 Å². The van der Waals surface area contributed by atoms with E-state index in [0.717, 1.165) is 13.0 Å². The summed E-state index contributed by atoms with van der Waals surface area (Å²) in [4.78, 5) is 2.50. The number of nitrogens with zero attached hydrogens (tertiary/aromatic N) is 1. The third kappa shape index (κ3) is 2.51. The molecule has 0 N–H and O–H groups in total.